The van der Waals surface area contributed by atoms with Crippen LogP contribution in [0.4, 0.5) is 4.39 Å². The summed E-state index contributed by atoms with van der Waals surface area (Å²) in [6.45, 7) is 1.10. The molecule has 1 fully saturated rings. The largest absolute Gasteiger partial charge is 0.466 e. The highest BCUT2D eigenvalue weighted by molar-refractivity contribution is 7.99. The van der Waals surface area contributed by atoms with Crippen molar-refractivity contribution in [1.29, 1.82) is 0 Å². The minimum Gasteiger partial charge on any atom is -0.466 e. The minimum absolute atomic E-state index is 0.191. The molecular formula is C19H19FN2O5S. The van der Waals surface area contributed by atoms with Crippen molar-refractivity contribution >= 4 is 29.5 Å². The highest BCUT2D eigenvalue weighted by Crippen LogP contribution is 2.41. The van der Waals surface area contributed by atoms with E-state index in [0.717, 1.165) is 5.56 Å². The smallest absolute Gasteiger partial charge is 0.330 e. The molecule has 3 rings (SSSR count). The molecule has 1 N–H and O–H groups in total. The summed E-state index contributed by atoms with van der Waals surface area (Å²) in [4.78, 5) is 37.8. The molecule has 0 saturated carbocycles. The molecule has 2 amide bonds. The van der Waals surface area contributed by atoms with Gasteiger partial charge >= 0.3 is 5.97 Å². The number of hydrogen-bond acceptors (Lipinski definition) is 6. The molecule has 1 aliphatic heterocycles. The number of nitrogens with one attached hydrogen (secondary N) is 1. The standard InChI is InChI=1S/C19H19FN2O5S/c1-12(23)22-15(11-28-18(22)16-3-2-8-26-16)19(25)27-10-17(24)21-9-13-4-6-14(20)7-5-13/h2-8,15,18H,9-11H2,1H3,(H,21,24)/t15-,18-/m0/s1. The van der Waals surface area contributed by atoms with Crippen molar-refractivity contribution in [2.75, 3.05) is 12.4 Å². The van der Waals surface area contributed by atoms with Crippen molar-refractivity contribution in [1.82, 2.24) is 10.2 Å². The summed E-state index contributed by atoms with van der Waals surface area (Å²) in [5.74, 6) is -0.849. The van der Waals surface area contributed by atoms with E-state index in [1.807, 2.05) is 0 Å². The minimum atomic E-state index is -0.789. The first-order valence-electron chi connectivity index (χ1n) is 8.57. The maximum atomic E-state index is 12.9. The number of amides is 2. The van der Waals surface area contributed by atoms with Gasteiger partial charge in [-0.3, -0.25) is 9.59 Å². The number of thioether (sulfide) groups is 1. The average Bonchev–Trinajstić information content (AvgIpc) is 3.34. The van der Waals surface area contributed by atoms with E-state index in [1.165, 1.54) is 42.0 Å². The molecule has 28 heavy (non-hydrogen) atoms. The van der Waals surface area contributed by atoms with Crippen LogP contribution in [0, 0.1) is 5.82 Å². The van der Waals surface area contributed by atoms with E-state index in [9.17, 15) is 18.8 Å². The van der Waals surface area contributed by atoms with Gasteiger partial charge < -0.3 is 19.4 Å². The molecule has 0 unspecified atom stereocenters. The summed E-state index contributed by atoms with van der Waals surface area (Å²) in [6, 6.07) is 8.36. The van der Waals surface area contributed by atoms with Crippen molar-refractivity contribution in [3.05, 3.63) is 59.8 Å². The first-order valence-corrected chi connectivity index (χ1v) is 9.62. The van der Waals surface area contributed by atoms with Crippen LogP contribution in [0.5, 0.6) is 0 Å². The second-order valence-electron chi connectivity index (χ2n) is 6.15. The second-order valence-corrected chi connectivity index (χ2v) is 7.27. The molecule has 148 valence electrons. The van der Waals surface area contributed by atoms with Crippen LogP contribution >= 0.6 is 11.8 Å². The predicted octanol–water partition coefficient (Wildman–Crippen LogP) is 2.24. The fourth-order valence-electron chi connectivity index (χ4n) is 2.81. The van der Waals surface area contributed by atoms with Crippen molar-refractivity contribution in [2.45, 2.75) is 24.9 Å². The monoisotopic (exact) mass is 406 g/mol. The molecule has 9 heteroatoms. The molecule has 1 aromatic carbocycles. The highest BCUT2D eigenvalue weighted by atomic mass is 32.2. The summed E-state index contributed by atoms with van der Waals surface area (Å²) in [5, 5.41) is 2.18. The zero-order valence-corrected chi connectivity index (χ0v) is 15.9. The second kappa shape index (κ2) is 8.92. The van der Waals surface area contributed by atoms with Crippen LogP contribution in [-0.4, -0.2) is 41.1 Å². The number of furan rings is 1. The summed E-state index contributed by atoms with van der Waals surface area (Å²) in [5.41, 5.74) is 0.720. The van der Waals surface area contributed by atoms with E-state index in [0.29, 0.717) is 11.5 Å². The van der Waals surface area contributed by atoms with Gasteiger partial charge in [0.25, 0.3) is 5.91 Å². The molecule has 2 aromatic rings. The van der Waals surface area contributed by atoms with Gasteiger partial charge in [-0.05, 0) is 29.8 Å². The summed E-state index contributed by atoms with van der Waals surface area (Å²) >= 11 is 1.40. The maximum Gasteiger partial charge on any atom is 0.330 e. The zero-order valence-electron chi connectivity index (χ0n) is 15.1. The lowest BCUT2D eigenvalue weighted by molar-refractivity contribution is -0.156. The number of hydrogen-bond donors (Lipinski definition) is 1. The van der Waals surface area contributed by atoms with Crippen LogP contribution in [0.3, 0.4) is 0 Å². The van der Waals surface area contributed by atoms with Gasteiger partial charge in [0.05, 0.1) is 6.26 Å². The fraction of sp³-hybridized carbons (Fsp3) is 0.316. The van der Waals surface area contributed by atoms with Crippen LogP contribution in [0.1, 0.15) is 23.6 Å². The summed E-state index contributed by atoms with van der Waals surface area (Å²) < 4.78 is 23.3. The molecule has 1 saturated heterocycles. The van der Waals surface area contributed by atoms with Crippen molar-refractivity contribution in [3.8, 4) is 0 Å². The normalized spacial score (nSPS) is 18.7. The first-order chi connectivity index (χ1) is 13.5. The zero-order chi connectivity index (χ0) is 20.1. The lowest BCUT2D eigenvalue weighted by atomic mass is 10.2. The van der Waals surface area contributed by atoms with Crippen LogP contribution < -0.4 is 5.32 Å². The predicted molar refractivity (Wildman–Crippen MR) is 99.4 cm³/mol. The molecule has 0 aliphatic carbocycles. The molecule has 0 bridgehead atoms. The Morgan fingerprint density at radius 3 is 2.68 bits per heavy atom. The first kappa shape index (κ1) is 19.9. The Morgan fingerprint density at radius 2 is 2.04 bits per heavy atom. The molecule has 1 aromatic heterocycles. The fourth-order valence-corrected chi connectivity index (χ4v) is 4.23. The van der Waals surface area contributed by atoms with Gasteiger partial charge in [0.2, 0.25) is 5.91 Å². The highest BCUT2D eigenvalue weighted by Gasteiger charge is 2.43. The Bertz CT molecular complexity index is 841. The molecule has 2 atom stereocenters. The van der Waals surface area contributed by atoms with Crippen LogP contribution in [0.15, 0.2) is 47.1 Å². The molecule has 0 radical (unpaired) electrons. The van der Waals surface area contributed by atoms with E-state index in [-0.39, 0.29) is 18.3 Å². The number of esters is 1. The third-order valence-corrected chi connectivity index (χ3v) is 5.45. The maximum absolute atomic E-state index is 12.9. The van der Waals surface area contributed by atoms with Gasteiger partial charge in [-0.2, -0.15) is 0 Å². The quantitative estimate of drug-likeness (QED) is 0.741. The van der Waals surface area contributed by atoms with Gasteiger partial charge in [-0.25, -0.2) is 9.18 Å². The van der Waals surface area contributed by atoms with Crippen molar-refractivity contribution < 1.29 is 27.9 Å². The van der Waals surface area contributed by atoms with E-state index in [4.69, 9.17) is 9.15 Å². The number of nitrogens with zero attached hydrogens (tertiary/aromatic N) is 1. The molecule has 0 spiro atoms. The number of benzene rings is 1. The number of halogens is 1. The van der Waals surface area contributed by atoms with Crippen LogP contribution in [-0.2, 0) is 25.7 Å². The van der Waals surface area contributed by atoms with Crippen LogP contribution in [0.25, 0.3) is 0 Å². The summed E-state index contributed by atoms with van der Waals surface area (Å²) in [7, 11) is 0. The Hall–Kier alpha value is -2.81. The molecule has 7 nitrogen and oxygen atoms in total. The van der Waals surface area contributed by atoms with E-state index < -0.39 is 29.9 Å². The SMILES string of the molecule is CC(=O)N1[C@H](C(=O)OCC(=O)NCc2ccc(F)cc2)CS[C@H]1c1ccco1. The number of ether oxygens (including phenoxy) is 1. The van der Waals surface area contributed by atoms with E-state index in [1.54, 1.807) is 24.3 Å². The Labute approximate surface area is 165 Å². The van der Waals surface area contributed by atoms with Gasteiger partial charge in [-0.15, -0.1) is 11.8 Å². The Balaban J connectivity index is 1.51. The molecular weight excluding hydrogens is 387 g/mol. The van der Waals surface area contributed by atoms with E-state index >= 15 is 0 Å². The van der Waals surface area contributed by atoms with E-state index in [2.05, 4.69) is 5.32 Å². The number of rotatable bonds is 6. The third kappa shape index (κ3) is 4.72. The molecule has 2 heterocycles. The summed E-state index contributed by atoms with van der Waals surface area (Å²) in [6.07, 6.45) is 1.51. The third-order valence-electron chi connectivity index (χ3n) is 4.17. The van der Waals surface area contributed by atoms with Crippen molar-refractivity contribution in [3.63, 3.8) is 0 Å². The average molecular weight is 406 g/mol. The lowest BCUT2D eigenvalue weighted by Crippen LogP contribution is -2.43. The van der Waals surface area contributed by atoms with Crippen molar-refractivity contribution in [2.24, 2.45) is 0 Å². The van der Waals surface area contributed by atoms with Gasteiger partial charge in [0.15, 0.2) is 6.61 Å². The van der Waals surface area contributed by atoms with Gasteiger partial charge in [-0.1, -0.05) is 12.1 Å². The molecule has 1 aliphatic rings. The number of carbonyl (C=O) groups is 3. The Kier molecular flexibility index (Phi) is 6.35. The van der Waals surface area contributed by atoms with Gasteiger partial charge in [0, 0.05) is 19.2 Å². The van der Waals surface area contributed by atoms with Crippen LogP contribution in [0.2, 0.25) is 0 Å². The topological polar surface area (TPSA) is 88.8 Å². The lowest BCUT2D eigenvalue weighted by Gasteiger charge is -2.25. The van der Waals surface area contributed by atoms with Gasteiger partial charge in [0.1, 0.15) is 23.0 Å². The Morgan fingerprint density at radius 1 is 1.29 bits per heavy atom. The number of carbonyl (C=O) groups excluding carboxylic acids is 3.